The second kappa shape index (κ2) is 5.15. The van der Waals surface area contributed by atoms with Crippen LogP contribution in [-0.2, 0) is 9.84 Å². The van der Waals surface area contributed by atoms with E-state index in [0.29, 0.717) is 11.7 Å². The Bertz CT molecular complexity index is 256. The van der Waals surface area contributed by atoms with E-state index in [4.69, 9.17) is 0 Å². The molecule has 1 heterocycles. The topological polar surface area (TPSA) is 34.1 Å². The summed E-state index contributed by atoms with van der Waals surface area (Å²) < 4.78 is 23.1. The van der Waals surface area contributed by atoms with Gasteiger partial charge in [-0.2, -0.15) is 0 Å². The molecule has 3 heteroatoms. The predicted molar refractivity (Wildman–Crippen MR) is 60.1 cm³/mol. The maximum Gasteiger partial charge on any atom is 0.153 e. The molecule has 0 aromatic carbocycles. The minimum atomic E-state index is -2.70. The zero-order valence-electron chi connectivity index (χ0n) is 9.33. The van der Waals surface area contributed by atoms with Gasteiger partial charge >= 0.3 is 0 Å². The average Bonchev–Trinajstić information content (AvgIpc) is 2.42. The first-order valence-corrected chi connectivity index (χ1v) is 7.49. The second-order valence-corrected chi connectivity index (χ2v) is 7.00. The molecule has 1 aliphatic rings. The highest BCUT2D eigenvalue weighted by molar-refractivity contribution is 7.92. The molecule has 14 heavy (non-hydrogen) atoms. The minimum absolute atomic E-state index is 0.0122. The van der Waals surface area contributed by atoms with E-state index in [1.807, 2.05) is 0 Å². The average molecular weight is 218 g/mol. The standard InChI is InChI=1S/C11H22O2S/c1-3-5-10(2)7-8-11-6-4-9-14(11,12)13/h10-11H,3-9H2,1-2H3. The fourth-order valence-corrected chi connectivity index (χ4v) is 4.21. The van der Waals surface area contributed by atoms with Crippen molar-refractivity contribution in [1.82, 2.24) is 0 Å². The van der Waals surface area contributed by atoms with Gasteiger partial charge in [-0.1, -0.05) is 26.7 Å². The van der Waals surface area contributed by atoms with E-state index < -0.39 is 9.84 Å². The smallest absolute Gasteiger partial charge is 0.153 e. The third kappa shape index (κ3) is 3.26. The molecule has 0 aromatic rings. The third-order valence-corrected chi connectivity index (χ3v) is 5.57. The van der Waals surface area contributed by atoms with Crippen LogP contribution in [0.25, 0.3) is 0 Å². The number of hydrogen-bond donors (Lipinski definition) is 0. The quantitative estimate of drug-likeness (QED) is 0.711. The zero-order valence-corrected chi connectivity index (χ0v) is 10.1. The first-order chi connectivity index (χ1) is 6.56. The van der Waals surface area contributed by atoms with Crippen LogP contribution in [-0.4, -0.2) is 19.4 Å². The summed E-state index contributed by atoms with van der Waals surface area (Å²) in [4.78, 5) is 0. The van der Waals surface area contributed by atoms with Gasteiger partial charge in [0.15, 0.2) is 9.84 Å². The van der Waals surface area contributed by atoms with Crippen molar-refractivity contribution in [3.63, 3.8) is 0 Å². The summed E-state index contributed by atoms with van der Waals surface area (Å²) in [5.74, 6) is 1.12. The van der Waals surface area contributed by atoms with Gasteiger partial charge in [0.05, 0.1) is 11.0 Å². The molecule has 2 atom stereocenters. The lowest BCUT2D eigenvalue weighted by Crippen LogP contribution is -2.16. The molecule has 1 fully saturated rings. The van der Waals surface area contributed by atoms with Crippen LogP contribution < -0.4 is 0 Å². The monoisotopic (exact) mass is 218 g/mol. The zero-order chi connectivity index (χ0) is 10.6. The Labute approximate surface area is 88.0 Å². The number of rotatable bonds is 5. The van der Waals surface area contributed by atoms with E-state index in [0.717, 1.165) is 25.7 Å². The largest absolute Gasteiger partial charge is 0.229 e. The van der Waals surface area contributed by atoms with Crippen molar-refractivity contribution < 1.29 is 8.42 Å². The lowest BCUT2D eigenvalue weighted by molar-refractivity contribution is 0.457. The SMILES string of the molecule is CCCC(C)CCC1CCCS1(=O)=O. The van der Waals surface area contributed by atoms with Crippen LogP contribution in [0.5, 0.6) is 0 Å². The molecule has 0 aliphatic carbocycles. The van der Waals surface area contributed by atoms with E-state index in [1.165, 1.54) is 12.8 Å². The molecule has 1 aliphatic heterocycles. The highest BCUT2D eigenvalue weighted by Crippen LogP contribution is 2.26. The summed E-state index contributed by atoms with van der Waals surface area (Å²) in [6.07, 6.45) is 6.20. The molecule has 2 nitrogen and oxygen atoms in total. The molecular formula is C11H22O2S. The highest BCUT2D eigenvalue weighted by Gasteiger charge is 2.30. The Morgan fingerprint density at radius 2 is 2.07 bits per heavy atom. The van der Waals surface area contributed by atoms with Crippen molar-refractivity contribution in [2.75, 3.05) is 5.75 Å². The minimum Gasteiger partial charge on any atom is -0.229 e. The second-order valence-electron chi connectivity index (χ2n) is 4.60. The maximum absolute atomic E-state index is 11.5. The van der Waals surface area contributed by atoms with E-state index in [2.05, 4.69) is 13.8 Å². The Morgan fingerprint density at radius 3 is 2.57 bits per heavy atom. The molecule has 0 N–H and O–H groups in total. The highest BCUT2D eigenvalue weighted by atomic mass is 32.2. The summed E-state index contributed by atoms with van der Waals surface area (Å²) in [6, 6.07) is 0. The summed E-state index contributed by atoms with van der Waals surface area (Å²) in [5, 5.41) is -0.0122. The van der Waals surface area contributed by atoms with Crippen molar-refractivity contribution in [1.29, 1.82) is 0 Å². The molecule has 0 radical (unpaired) electrons. The fraction of sp³-hybridized carbons (Fsp3) is 1.00. The van der Waals surface area contributed by atoms with Crippen LogP contribution in [0, 0.1) is 5.92 Å². The van der Waals surface area contributed by atoms with Gasteiger partial charge in [0.2, 0.25) is 0 Å². The Morgan fingerprint density at radius 1 is 1.36 bits per heavy atom. The summed E-state index contributed by atoms with van der Waals surface area (Å²) in [6.45, 7) is 4.41. The van der Waals surface area contributed by atoms with E-state index in [9.17, 15) is 8.42 Å². The van der Waals surface area contributed by atoms with Gasteiger partial charge in [0, 0.05) is 0 Å². The van der Waals surface area contributed by atoms with Crippen molar-refractivity contribution in [2.24, 2.45) is 5.92 Å². The first kappa shape index (κ1) is 12.0. The number of sulfone groups is 1. The number of hydrogen-bond acceptors (Lipinski definition) is 2. The Balaban J connectivity index is 2.31. The van der Waals surface area contributed by atoms with Gasteiger partial charge in [0.25, 0.3) is 0 Å². The van der Waals surface area contributed by atoms with Gasteiger partial charge in [-0.15, -0.1) is 0 Å². The molecule has 2 unspecified atom stereocenters. The maximum atomic E-state index is 11.5. The van der Waals surface area contributed by atoms with E-state index in [-0.39, 0.29) is 5.25 Å². The molecule has 1 saturated heterocycles. The van der Waals surface area contributed by atoms with E-state index in [1.54, 1.807) is 0 Å². The Kier molecular flexibility index (Phi) is 4.42. The molecule has 1 rings (SSSR count). The summed E-state index contributed by atoms with van der Waals surface area (Å²) in [7, 11) is -2.70. The van der Waals surface area contributed by atoms with Gasteiger partial charge < -0.3 is 0 Å². The van der Waals surface area contributed by atoms with E-state index >= 15 is 0 Å². The Hall–Kier alpha value is -0.0500. The molecule has 0 aromatic heterocycles. The first-order valence-electron chi connectivity index (χ1n) is 5.78. The van der Waals surface area contributed by atoms with Gasteiger partial charge in [-0.05, 0) is 31.6 Å². The van der Waals surface area contributed by atoms with Gasteiger partial charge in [-0.25, -0.2) is 8.42 Å². The fourth-order valence-electron chi connectivity index (χ4n) is 2.29. The van der Waals surface area contributed by atoms with Crippen molar-refractivity contribution >= 4 is 9.84 Å². The lowest BCUT2D eigenvalue weighted by atomic mass is 9.98. The van der Waals surface area contributed by atoms with Gasteiger partial charge in [-0.3, -0.25) is 0 Å². The molecule has 0 amide bonds. The van der Waals surface area contributed by atoms with Crippen molar-refractivity contribution in [3.05, 3.63) is 0 Å². The lowest BCUT2D eigenvalue weighted by Gasteiger charge is -2.13. The normalized spacial score (nSPS) is 27.7. The van der Waals surface area contributed by atoms with Crippen LogP contribution >= 0.6 is 0 Å². The van der Waals surface area contributed by atoms with Gasteiger partial charge in [0.1, 0.15) is 0 Å². The van der Waals surface area contributed by atoms with Crippen LogP contribution in [0.4, 0.5) is 0 Å². The molecule has 84 valence electrons. The molecule has 0 bridgehead atoms. The third-order valence-electron chi connectivity index (χ3n) is 3.23. The van der Waals surface area contributed by atoms with Crippen LogP contribution in [0.2, 0.25) is 0 Å². The molecule has 0 saturated carbocycles. The van der Waals surface area contributed by atoms with Crippen LogP contribution in [0.15, 0.2) is 0 Å². The van der Waals surface area contributed by atoms with Crippen LogP contribution in [0.1, 0.15) is 52.4 Å². The van der Waals surface area contributed by atoms with Crippen LogP contribution in [0.3, 0.4) is 0 Å². The van der Waals surface area contributed by atoms with Crippen molar-refractivity contribution in [2.45, 2.75) is 57.6 Å². The molecule has 0 spiro atoms. The summed E-state index contributed by atoms with van der Waals surface area (Å²) >= 11 is 0. The molecular weight excluding hydrogens is 196 g/mol. The predicted octanol–water partition coefficient (Wildman–Crippen LogP) is 2.78. The summed E-state index contributed by atoms with van der Waals surface area (Å²) in [5.41, 5.74) is 0. The van der Waals surface area contributed by atoms with Crippen molar-refractivity contribution in [3.8, 4) is 0 Å².